The molecular weight excluding hydrogens is 162 g/mol. The Labute approximate surface area is 80.6 Å². The fraction of sp³-hybridized carbons (Fsp3) is 0.455. The molecule has 68 valence electrons. The van der Waals surface area contributed by atoms with Gasteiger partial charge in [0.2, 0.25) is 0 Å². The molecule has 0 N–H and O–H groups in total. The van der Waals surface area contributed by atoms with Crippen molar-refractivity contribution in [3.63, 3.8) is 0 Å². The summed E-state index contributed by atoms with van der Waals surface area (Å²) in [6.45, 7) is 5.37. The van der Waals surface area contributed by atoms with Gasteiger partial charge < -0.3 is 0 Å². The maximum absolute atomic E-state index is 12.4. The van der Waals surface area contributed by atoms with Crippen LogP contribution in [0.1, 0.15) is 30.5 Å². The van der Waals surface area contributed by atoms with Crippen molar-refractivity contribution in [3.8, 4) is 0 Å². The van der Waals surface area contributed by atoms with Crippen LogP contribution in [0.3, 0.4) is 0 Å². The van der Waals surface area contributed by atoms with E-state index in [0.717, 1.165) is 11.1 Å². The Morgan fingerprint density at radius 2 is 1.92 bits per heavy atom. The normalized spacial score (nSPS) is 11.7. The van der Waals surface area contributed by atoms with Gasteiger partial charge in [-0.3, -0.25) is 0 Å². The molecule has 0 atom stereocenters. The number of rotatable bonds is 2. The van der Waals surface area contributed by atoms with E-state index in [2.05, 4.69) is 0 Å². The Morgan fingerprint density at radius 1 is 1.31 bits per heavy atom. The zero-order valence-electron chi connectivity index (χ0n) is 8.39. The van der Waals surface area contributed by atoms with Crippen LogP contribution in [0.2, 0.25) is 0 Å². The molecule has 0 aliphatic carbocycles. The predicted octanol–water partition coefficient (Wildman–Crippen LogP) is 2.87. The highest BCUT2D eigenvalue weighted by Crippen LogP contribution is 2.22. The average Bonchev–Trinajstić information content (AvgIpc) is 2.01. The van der Waals surface area contributed by atoms with Gasteiger partial charge in [-0.2, -0.15) is 0 Å². The Hall–Kier alpha value is -0.785. The van der Waals surface area contributed by atoms with Crippen LogP contribution in [0.15, 0.2) is 18.2 Å². The lowest BCUT2D eigenvalue weighted by Gasteiger charge is -2.20. The molecule has 0 aliphatic heterocycles. The van der Waals surface area contributed by atoms with Crippen molar-refractivity contribution in [1.29, 1.82) is 0 Å². The molecule has 2 heteroatoms. The van der Waals surface area contributed by atoms with E-state index in [1.165, 1.54) is 0 Å². The smallest absolute Gasteiger partial charge is 0.115 e. The Morgan fingerprint density at radius 3 is 2.38 bits per heavy atom. The van der Waals surface area contributed by atoms with Gasteiger partial charge >= 0.3 is 0 Å². The SMILES string of the molecule is [B]C(C)(C)c1cc(C)cc(CF)c1. The van der Waals surface area contributed by atoms with Crippen LogP contribution >= 0.6 is 0 Å². The van der Waals surface area contributed by atoms with E-state index in [9.17, 15) is 4.39 Å². The molecule has 13 heavy (non-hydrogen) atoms. The van der Waals surface area contributed by atoms with Gasteiger partial charge in [0, 0.05) is 0 Å². The molecule has 0 nitrogen and oxygen atoms in total. The molecular formula is C11H14BF. The number of hydrogen-bond donors (Lipinski definition) is 0. The number of halogens is 1. The van der Waals surface area contributed by atoms with Gasteiger partial charge in [-0.05, 0) is 17.8 Å². The Balaban J connectivity index is 3.16. The van der Waals surface area contributed by atoms with Crippen molar-refractivity contribution < 1.29 is 4.39 Å². The summed E-state index contributed by atoms with van der Waals surface area (Å²) < 4.78 is 12.4. The van der Waals surface area contributed by atoms with E-state index >= 15 is 0 Å². The first kappa shape index (κ1) is 10.3. The van der Waals surface area contributed by atoms with Crippen molar-refractivity contribution in [2.75, 3.05) is 0 Å². The van der Waals surface area contributed by atoms with E-state index in [0.29, 0.717) is 5.56 Å². The third kappa shape index (κ3) is 2.58. The lowest BCUT2D eigenvalue weighted by Crippen LogP contribution is -2.17. The maximum Gasteiger partial charge on any atom is 0.115 e. The molecule has 1 rings (SSSR count). The molecule has 0 amide bonds. The minimum atomic E-state index is -0.426. The number of alkyl halides is 1. The summed E-state index contributed by atoms with van der Waals surface area (Å²) in [5.74, 6) is 0. The standard InChI is InChI=1S/C11H14BF/c1-8-4-9(7-13)6-10(5-8)11(2,3)12/h4-6H,7H2,1-3H3. The zero-order chi connectivity index (χ0) is 10.1. The molecule has 1 aromatic rings. The van der Waals surface area contributed by atoms with Gasteiger partial charge in [0.05, 0.1) is 7.85 Å². The first-order valence-corrected chi connectivity index (χ1v) is 4.39. The highest BCUT2D eigenvalue weighted by atomic mass is 19.1. The maximum atomic E-state index is 12.4. The topological polar surface area (TPSA) is 0 Å². The number of benzene rings is 1. The van der Waals surface area contributed by atoms with Crippen LogP contribution < -0.4 is 0 Å². The molecule has 0 saturated heterocycles. The lowest BCUT2D eigenvalue weighted by atomic mass is 9.67. The van der Waals surface area contributed by atoms with Gasteiger partial charge in [0.1, 0.15) is 6.67 Å². The van der Waals surface area contributed by atoms with Crippen LogP contribution in [0, 0.1) is 6.92 Å². The van der Waals surface area contributed by atoms with E-state index in [1.807, 2.05) is 39.0 Å². The van der Waals surface area contributed by atoms with Crippen LogP contribution in [0.5, 0.6) is 0 Å². The van der Waals surface area contributed by atoms with E-state index < -0.39 is 12.0 Å². The summed E-state index contributed by atoms with van der Waals surface area (Å²) in [5, 5.41) is -0.393. The van der Waals surface area contributed by atoms with Gasteiger partial charge in [0.25, 0.3) is 0 Å². The molecule has 1 aromatic carbocycles. The molecule has 2 radical (unpaired) electrons. The molecule has 0 heterocycles. The van der Waals surface area contributed by atoms with Crippen LogP contribution in [-0.2, 0) is 12.0 Å². The fourth-order valence-corrected chi connectivity index (χ4v) is 1.31. The van der Waals surface area contributed by atoms with Crippen molar-refractivity contribution in [2.24, 2.45) is 0 Å². The summed E-state index contributed by atoms with van der Waals surface area (Å²) in [6, 6.07) is 5.67. The minimum Gasteiger partial charge on any atom is -0.246 e. The molecule has 0 unspecified atom stereocenters. The highest BCUT2D eigenvalue weighted by Gasteiger charge is 2.13. The van der Waals surface area contributed by atoms with E-state index in [4.69, 9.17) is 7.85 Å². The van der Waals surface area contributed by atoms with Crippen molar-refractivity contribution in [2.45, 2.75) is 32.8 Å². The second kappa shape index (κ2) is 3.53. The third-order valence-electron chi connectivity index (χ3n) is 2.04. The van der Waals surface area contributed by atoms with Crippen molar-refractivity contribution >= 4 is 7.85 Å². The van der Waals surface area contributed by atoms with Crippen LogP contribution in [-0.4, -0.2) is 7.85 Å². The predicted molar refractivity (Wildman–Crippen MR) is 54.8 cm³/mol. The molecule has 0 aromatic heterocycles. The Kier molecular flexibility index (Phi) is 2.79. The zero-order valence-corrected chi connectivity index (χ0v) is 8.39. The second-order valence-corrected chi connectivity index (χ2v) is 4.06. The lowest BCUT2D eigenvalue weighted by molar-refractivity contribution is 0.484. The summed E-state index contributed by atoms with van der Waals surface area (Å²) in [6.07, 6.45) is 0. The van der Waals surface area contributed by atoms with Crippen molar-refractivity contribution in [3.05, 3.63) is 34.9 Å². The van der Waals surface area contributed by atoms with Gasteiger partial charge in [0.15, 0.2) is 0 Å². The fourth-order valence-electron chi connectivity index (χ4n) is 1.31. The quantitative estimate of drug-likeness (QED) is 0.607. The number of hydrogen-bond acceptors (Lipinski definition) is 0. The van der Waals surface area contributed by atoms with Gasteiger partial charge in [-0.1, -0.05) is 43.2 Å². The molecule has 0 aliphatic rings. The molecule has 0 bridgehead atoms. The van der Waals surface area contributed by atoms with Crippen LogP contribution in [0.25, 0.3) is 0 Å². The van der Waals surface area contributed by atoms with E-state index in [1.54, 1.807) is 0 Å². The van der Waals surface area contributed by atoms with Crippen molar-refractivity contribution in [1.82, 2.24) is 0 Å². The van der Waals surface area contributed by atoms with Gasteiger partial charge in [-0.15, -0.1) is 0 Å². The first-order valence-electron chi connectivity index (χ1n) is 4.39. The van der Waals surface area contributed by atoms with Crippen LogP contribution in [0.4, 0.5) is 4.39 Å². The molecule has 0 saturated carbocycles. The van der Waals surface area contributed by atoms with E-state index in [-0.39, 0.29) is 0 Å². The summed E-state index contributed by atoms with van der Waals surface area (Å²) in [5.41, 5.74) is 2.75. The summed E-state index contributed by atoms with van der Waals surface area (Å²) in [4.78, 5) is 0. The average molecular weight is 176 g/mol. The van der Waals surface area contributed by atoms with Gasteiger partial charge in [-0.25, -0.2) is 4.39 Å². The second-order valence-electron chi connectivity index (χ2n) is 4.06. The summed E-state index contributed by atoms with van der Waals surface area (Å²) in [7, 11) is 5.93. The minimum absolute atomic E-state index is 0.393. The summed E-state index contributed by atoms with van der Waals surface area (Å²) >= 11 is 0. The number of aryl methyl sites for hydroxylation is 1. The monoisotopic (exact) mass is 176 g/mol. The molecule has 0 fully saturated rings. The highest BCUT2D eigenvalue weighted by molar-refractivity contribution is 6.15. The third-order valence-corrected chi connectivity index (χ3v) is 2.04. The Bertz CT molecular complexity index is 299. The molecule has 0 spiro atoms. The largest absolute Gasteiger partial charge is 0.246 e. The first-order chi connectivity index (χ1) is 5.93.